The van der Waals surface area contributed by atoms with Gasteiger partial charge in [-0.3, -0.25) is 4.79 Å². The summed E-state index contributed by atoms with van der Waals surface area (Å²) in [4.78, 5) is 12.4. The zero-order valence-electron chi connectivity index (χ0n) is 13.5. The summed E-state index contributed by atoms with van der Waals surface area (Å²) in [5.41, 5.74) is 0.957. The summed E-state index contributed by atoms with van der Waals surface area (Å²) in [6.07, 6.45) is -4.60. The minimum atomic E-state index is -4.39. The molecule has 0 aliphatic heterocycles. The Hall–Kier alpha value is -2.34. The van der Waals surface area contributed by atoms with Gasteiger partial charge in [-0.05, 0) is 37.0 Å². The first-order valence-corrected chi connectivity index (χ1v) is 8.02. The minimum Gasteiger partial charge on any atom is -0.389 e. The fourth-order valence-corrected chi connectivity index (χ4v) is 3.00. The lowest BCUT2D eigenvalue weighted by atomic mass is 10.0. The molecule has 0 heterocycles. The quantitative estimate of drug-likeness (QED) is 0.854. The molecule has 2 N–H and O–H groups in total. The van der Waals surface area contributed by atoms with Crippen molar-refractivity contribution in [3.8, 4) is 0 Å². The van der Waals surface area contributed by atoms with Crippen molar-refractivity contribution in [3.63, 3.8) is 0 Å². The highest BCUT2D eigenvalue weighted by Crippen LogP contribution is 2.49. The lowest BCUT2D eigenvalue weighted by molar-refractivity contribution is -0.137. The predicted molar refractivity (Wildman–Crippen MR) is 88.0 cm³/mol. The maximum absolute atomic E-state index is 12.8. The van der Waals surface area contributed by atoms with Crippen molar-refractivity contribution in [2.24, 2.45) is 5.92 Å². The van der Waals surface area contributed by atoms with Gasteiger partial charge < -0.3 is 10.4 Å². The number of alkyl halides is 3. The van der Waals surface area contributed by atoms with Gasteiger partial charge in [-0.25, -0.2) is 0 Å². The van der Waals surface area contributed by atoms with E-state index in [4.69, 9.17) is 0 Å². The maximum atomic E-state index is 12.8. The van der Waals surface area contributed by atoms with Crippen molar-refractivity contribution < 1.29 is 23.1 Å². The van der Waals surface area contributed by atoms with Gasteiger partial charge in [0.1, 0.15) is 0 Å². The molecule has 25 heavy (non-hydrogen) atoms. The molecule has 3 unspecified atom stereocenters. The van der Waals surface area contributed by atoms with Crippen LogP contribution < -0.4 is 5.32 Å². The first-order chi connectivity index (χ1) is 11.8. The molecular formula is C19H18F3NO2. The summed E-state index contributed by atoms with van der Waals surface area (Å²) < 4.78 is 38.4. The SMILES string of the molecule is CC(O)c1ccccc1NC(=O)C1CC1c1cccc(C(F)(F)F)c1. The zero-order chi connectivity index (χ0) is 18.2. The lowest BCUT2D eigenvalue weighted by Gasteiger charge is -2.13. The Balaban J connectivity index is 1.71. The van der Waals surface area contributed by atoms with Gasteiger partial charge in [0.05, 0.1) is 11.7 Å². The number of rotatable bonds is 4. The van der Waals surface area contributed by atoms with Crippen LogP contribution in [0.25, 0.3) is 0 Å². The van der Waals surface area contributed by atoms with Crippen LogP contribution in [0.3, 0.4) is 0 Å². The molecule has 0 bridgehead atoms. The molecule has 1 aliphatic rings. The molecule has 3 nitrogen and oxygen atoms in total. The summed E-state index contributed by atoms with van der Waals surface area (Å²) in [6.45, 7) is 1.60. The fourth-order valence-electron chi connectivity index (χ4n) is 3.00. The second-order valence-electron chi connectivity index (χ2n) is 6.32. The van der Waals surface area contributed by atoms with E-state index < -0.39 is 17.8 Å². The van der Waals surface area contributed by atoms with Crippen molar-refractivity contribution in [3.05, 3.63) is 65.2 Å². The number of halogens is 3. The Morgan fingerprint density at radius 1 is 1.20 bits per heavy atom. The lowest BCUT2D eigenvalue weighted by Crippen LogP contribution is -2.16. The van der Waals surface area contributed by atoms with Gasteiger partial charge in [-0.1, -0.05) is 36.4 Å². The molecule has 0 spiro atoms. The average molecular weight is 349 g/mol. The van der Waals surface area contributed by atoms with E-state index in [1.165, 1.54) is 6.07 Å². The van der Waals surface area contributed by atoms with Gasteiger partial charge in [0.15, 0.2) is 0 Å². The molecule has 3 atom stereocenters. The van der Waals surface area contributed by atoms with Crippen molar-refractivity contribution in [2.75, 3.05) is 5.32 Å². The number of amides is 1. The molecule has 1 amide bonds. The number of hydrogen-bond acceptors (Lipinski definition) is 2. The van der Waals surface area contributed by atoms with Crippen molar-refractivity contribution >= 4 is 11.6 Å². The second kappa shape index (κ2) is 6.52. The Bertz CT molecular complexity index is 786. The van der Waals surface area contributed by atoms with Gasteiger partial charge in [0.25, 0.3) is 0 Å². The summed E-state index contributed by atoms with van der Waals surface area (Å²) >= 11 is 0. The molecule has 0 aromatic heterocycles. The second-order valence-corrected chi connectivity index (χ2v) is 6.32. The fraction of sp³-hybridized carbons (Fsp3) is 0.316. The maximum Gasteiger partial charge on any atom is 0.416 e. The molecular weight excluding hydrogens is 331 g/mol. The van der Waals surface area contributed by atoms with Crippen LogP contribution in [0.2, 0.25) is 0 Å². The number of para-hydroxylation sites is 1. The number of carbonyl (C=O) groups is 1. The van der Waals surface area contributed by atoms with Crippen LogP contribution in [0, 0.1) is 5.92 Å². The van der Waals surface area contributed by atoms with Crippen LogP contribution in [0.5, 0.6) is 0 Å². The van der Waals surface area contributed by atoms with E-state index in [2.05, 4.69) is 5.32 Å². The molecule has 1 saturated carbocycles. The Labute approximate surface area is 143 Å². The third-order valence-corrected chi connectivity index (χ3v) is 4.44. The third-order valence-electron chi connectivity index (χ3n) is 4.44. The zero-order valence-corrected chi connectivity index (χ0v) is 13.5. The predicted octanol–water partition coefficient (Wildman–Crippen LogP) is 4.50. The number of anilines is 1. The Kier molecular flexibility index (Phi) is 4.56. The molecule has 2 aromatic rings. The molecule has 1 fully saturated rings. The van der Waals surface area contributed by atoms with Crippen LogP contribution in [0.4, 0.5) is 18.9 Å². The van der Waals surface area contributed by atoms with Gasteiger partial charge in [-0.2, -0.15) is 13.2 Å². The number of carbonyl (C=O) groups excluding carboxylic acids is 1. The monoisotopic (exact) mass is 349 g/mol. The molecule has 0 radical (unpaired) electrons. The largest absolute Gasteiger partial charge is 0.416 e. The standard InChI is InChI=1S/C19H18F3NO2/c1-11(24)14-7-2-3-8-17(14)23-18(25)16-10-15(16)12-5-4-6-13(9-12)19(20,21)22/h2-9,11,15-16,24H,10H2,1H3,(H,23,25). The van der Waals surface area contributed by atoms with Gasteiger partial charge >= 0.3 is 6.18 Å². The topological polar surface area (TPSA) is 49.3 Å². The van der Waals surface area contributed by atoms with Crippen LogP contribution in [-0.4, -0.2) is 11.0 Å². The number of benzene rings is 2. The van der Waals surface area contributed by atoms with Crippen molar-refractivity contribution in [1.29, 1.82) is 0 Å². The van der Waals surface area contributed by atoms with E-state index in [-0.39, 0.29) is 17.7 Å². The molecule has 132 valence electrons. The minimum absolute atomic E-state index is 0.207. The van der Waals surface area contributed by atoms with Gasteiger partial charge in [-0.15, -0.1) is 0 Å². The number of aliphatic hydroxyl groups excluding tert-OH is 1. The molecule has 0 saturated heterocycles. The summed E-state index contributed by atoms with van der Waals surface area (Å²) in [5.74, 6) is -0.804. The highest BCUT2D eigenvalue weighted by atomic mass is 19.4. The number of nitrogens with one attached hydrogen (secondary N) is 1. The number of aliphatic hydroxyl groups is 1. The van der Waals surface area contributed by atoms with Gasteiger partial charge in [0.2, 0.25) is 5.91 Å². The molecule has 2 aromatic carbocycles. The van der Waals surface area contributed by atoms with Crippen LogP contribution in [0.1, 0.15) is 42.1 Å². The van der Waals surface area contributed by atoms with E-state index in [1.54, 1.807) is 37.3 Å². The number of hydrogen-bond donors (Lipinski definition) is 2. The Morgan fingerprint density at radius 2 is 1.92 bits per heavy atom. The van der Waals surface area contributed by atoms with E-state index in [9.17, 15) is 23.1 Å². The first kappa shape index (κ1) is 17.5. The van der Waals surface area contributed by atoms with Crippen LogP contribution in [-0.2, 0) is 11.0 Å². The highest BCUT2D eigenvalue weighted by molar-refractivity contribution is 5.95. The average Bonchev–Trinajstić information content (AvgIpc) is 3.35. The van der Waals surface area contributed by atoms with Crippen LogP contribution >= 0.6 is 0 Å². The Morgan fingerprint density at radius 3 is 2.60 bits per heavy atom. The first-order valence-electron chi connectivity index (χ1n) is 8.02. The van der Waals surface area contributed by atoms with E-state index >= 15 is 0 Å². The van der Waals surface area contributed by atoms with E-state index in [0.29, 0.717) is 23.2 Å². The molecule has 6 heteroatoms. The normalized spacial score (nSPS) is 20.8. The third kappa shape index (κ3) is 3.85. The summed E-state index contributed by atoms with van der Waals surface area (Å²) in [7, 11) is 0. The van der Waals surface area contributed by atoms with E-state index in [0.717, 1.165) is 12.1 Å². The smallest absolute Gasteiger partial charge is 0.389 e. The van der Waals surface area contributed by atoms with Crippen LogP contribution in [0.15, 0.2) is 48.5 Å². The molecule has 3 rings (SSSR count). The summed E-state index contributed by atoms with van der Waals surface area (Å²) in [6, 6.07) is 12.1. The van der Waals surface area contributed by atoms with Crippen molar-refractivity contribution in [2.45, 2.75) is 31.5 Å². The van der Waals surface area contributed by atoms with E-state index in [1.807, 2.05) is 0 Å². The van der Waals surface area contributed by atoms with Gasteiger partial charge in [0, 0.05) is 17.2 Å². The highest BCUT2D eigenvalue weighted by Gasteiger charge is 2.44. The molecule has 1 aliphatic carbocycles. The van der Waals surface area contributed by atoms with Crippen molar-refractivity contribution in [1.82, 2.24) is 0 Å². The summed E-state index contributed by atoms with van der Waals surface area (Å²) in [5, 5.41) is 12.5.